The Bertz CT molecular complexity index is 641. The van der Waals surface area contributed by atoms with Crippen molar-refractivity contribution in [2.45, 2.75) is 6.92 Å². The number of nitrogens with zero attached hydrogens (tertiary/aromatic N) is 2. The lowest BCUT2D eigenvalue weighted by Gasteiger charge is -2.14. The van der Waals surface area contributed by atoms with Crippen molar-refractivity contribution in [3.05, 3.63) is 53.6 Å². The van der Waals surface area contributed by atoms with E-state index >= 15 is 0 Å². The number of rotatable bonds is 3. The summed E-state index contributed by atoms with van der Waals surface area (Å²) in [6.45, 7) is 1.80. The standard InChI is InChI=1S/C15H16FN3O/c1-10-13(5-4-8-17-10)18-15(20)11-6-7-14(19(2)3)12(16)9-11/h4-9H,1-3H3,(H,18,20). The van der Waals surface area contributed by atoms with Gasteiger partial charge >= 0.3 is 0 Å². The topological polar surface area (TPSA) is 45.2 Å². The third kappa shape index (κ3) is 2.93. The third-order valence-corrected chi connectivity index (χ3v) is 2.95. The molecule has 4 nitrogen and oxygen atoms in total. The van der Waals surface area contributed by atoms with E-state index in [9.17, 15) is 9.18 Å². The zero-order chi connectivity index (χ0) is 14.7. The zero-order valence-electron chi connectivity index (χ0n) is 11.6. The number of benzene rings is 1. The maximum absolute atomic E-state index is 13.8. The van der Waals surface area contributed by atoms with Gasteiger partial charge in [0, 0.05) is 25.9 Å². The molecule has 1 aromatic heterocycles. The van der Waals surface area contributed by atoms with Crippen LogP contribution in [0.3, 0.4) is 0 Å². The zero-order valence-corrected chi connectivity index (χ0v) is 11.6. The number of carbonyl (C=O) groups is 1. The van der Waals surface area contributed by atoms with Gasteiger partial charge < -0.3 is 10.2 Å². The summed E-state index contributed by atoms with van der Waals surface area (Å²) in [5.41, 5.74) is 2.05. The van der Waals surface area contributed by atoms with Crippen LogP contribution in [0, 0.1) is 12.7 Å². The van der Waals surface area contributed by atoms with Crippen LogP contribution in [0.4, 0.5) is 15.8 Å². The normalized spacial score (nSPS) is 10.2. The number of pyridine rings is 1. The van der Waals surface area contributed by atoms with Gasteiger partial charge in [-0.25, -0.2) is 4.39 Å². The summed E-state index contributed by atoms with van der Waals surface area (Å²) in [5, 5.41) is 2.72. The predicted molar refractivity (Wildman–Crippen MR) is 77.7 cm³/mol. The van der Waals surface area contributed by atoms with E-state index in [0.717, 1.165) is 0 Å². The second-order valence-electron chi connectivity index (χ2n) is 4.65. The summed E-state index contributed by atoms with van der Waals surface area (Å²) in [6, 6.07) is 7.90. The lowest BCUT2D eigenvalue weighted by atomic mass is 10.1. The maximum Gasteiger partial charge on any atom is 0.255 e. The van der Waals surface area contributed by atoms with E-state index in [1.54, 1.807) is 56.4 Å². The molecule has 0 saturated heterocycles. The number of carbonyl (C=O) groups excluding carboxylic acids is 1. The van der Waals surface area contributed by atoms with Crippen LogP contribution in [-0.2, 0) is 0 Å². The molecule has 1 N–H and O–H groups in total. The molecule has 0 spiro atoms. The Morgan fingerprint density at radius 3 is 2.65 bits per heavy atom. The Balaban J connectivity index is 2.22. The van der Waals surface area contributed by atoms with Gasteiger partial charge in [-0.2, -0.15) is 0 Å². The van der Waals surface area contributed by atoms with Gasteiger partial charge in [0.15, 0.2) is 0 Å². The fraction of sp³-hybridized carbons (Fsp3) is 0.200. The second-order valence-corrected chi connectivity index (χ2v) is 4.65. The summed E-state index contributed by atoms with van der Waals surface area (Å²) in [6.07, 6.45) is 1.65. The Hall–Kier alpha value is -2.43. The Labute approximate surface area is 117 Å². The lowest BCUT2D eigenvalue weighted by Crippen LogP contribution is -2.15. The van der Waals surface area contributed by atoms with Crippen molar-refractivity contribution in [2.75, 3.05) is 24.3 Å². The molecule has 0 unspecified atom stereocenters. The van der Waals surface area contributed by atoms with Crippen molar-refractivity contribution in [2.24, 2.45) is 0 Å². The summed E-state index contributed by atoms with van der Waals surface area (Å²) < 4.78 is 13.8. The molecule has 0 aliphatic rings. The van der Waals surface area contributed by atoms with Crippen molar-refractivity contribution in [3.8, 4) is 0 Å². The molecular formula is C15H16FN3O. The van der Waals surface area contributed by atoms with Crippen molar-refractivity contribution in [3.63, 3.8) is 0 Å². The summed E-state index contributed by atoms with van der Waals surface area (Å²) >= 11 is 0. The van der Waals surface area contributed by atoms with E-state index in [2.05, 4.69) is 10.3 Å². The average molecular weight is 273 g/mol. The van der Waals surface area contributed by atoms with Gasteiger partial charge in [0.25, 0.3) is 5.91 Å². The number of anilines is 2. The number of hydrogen-bond donors (Lipinski definition) is 1. The minimum absolute atomic E-state index is 0.274. The van der Waals surface area contributed by atoms with Crippen molar-refractivity contribution < 1.29 is 9.18 Å². The van der Waals surface area contributed by atoms with Gasteiger partial charge in [0.05, 0.1) is 17.1 Å². The predicted octanol–water partition coefficient (Wildman–Crippen LogP) is 2.85. The van der Waals surface area contributed by atoms with Gasteiger partial charge in [-0.15, -0.1) is 0 Å². The van der Waals surface area contributed by atoms with Gasteiger partial charge in [-0.3, -0.25) is 9.78 Å². The van der Waals surface area contributed by atoms with Crippen LogP contribution < -0.4 is 10.2 Å². The first-order chi connectivity index (χ1) is 9.49. The first-order valence-corrected chi connectivity index (χ1v) is 6.19. The van der Waals surface area contributed by atoms with Crippen molar-refractivity contribution >= 4 is 17.3 Å². The largest absolute Gasteiger partial charge is 0.375 e. The summed E-state index contributed by atoms with van der Waals surface area (Å²) in [4.78, 5) is 17.8. The number of nitrogens with one attached hydrogen (secondary N) is 1. The van der Waals surface area contributed by atoms with E-state index in [4.69, 9.17) is 0 Å². The lowest BCUT2D eigenvalue weighted by molar-refractivity contribution is 0.102. The highest BCUT2D eigenvalue weighted by atomic mass is 19.1. The summed E-state index contributed by atoms with van der Waals surface area (Å²) in [5.74, 6) is -0.782. The van der Waals surface area contributed by atoms with Crippen LogP contribution in [-0.4, -0.2) is 25.0 Å². The highest BCUT2D eigenvalue weighted by Gasteiger charge is 2.12. The Morgan fingerprint density at radius 1 is 1.30 bits per heavy atom. The van der Waals surface area contributed by atoms with E-state index in [1.807, 2.05) is 0 Å². The van der Waals surface area contributed by atoms with Crippen LogP contribution in [0.25, 0.3) is 0 Å². The molecule has 1 amide bonds. The average Bonchev–Trinajstić information content (AvgIpc) is 2.40. The van der Waals surface area contributed by atoms with Crippen LogP contribution in [0.2, 0.25) is 0 Å². The molecule has 2 rings (SSSR count). The molecule has 2 aromatic rings. The molecular weight excluding hydrogens is 257 g/mol. The minimum Gasteiger partial charge on any atom is -0.375 e. The van der Waals surface area contributed by atoms with Gasteiger partial charge in [-0.1, -0.05) is 0 Å². The van der Waals surface area contributed by atoms with Crippen LogP contribution >= 0.6 is 0 Å². The monoisotopic (exact) mass is 273 g/mol. The third-order valence-electron chi connectivity index (χ3n) is 2.95. The van der Waals surface area contributed by atoms with Crippen molar-refractivity contribution in [1.82, 2.24) is 4.98 Å². The number of amides is 1. The molecule has 0 fully saturated rings. The maximum atomic E-state index is 13.8. The fourth-order valence-electron chi connectivity index (χ4n) is 1.82. The highest BCUT2D eigenvalue weighted by molar-refractivity contribution is 6.04. The number of aryl methyl sites for hydroxylation is 1. The molecule has 0 saturated carbocycles. The van der Waals surface area contributed by atoms with Crippen LogP contribution in [0.5, 0.6) is 0 Å². The SMILES string of the molecule is Cc1ncccc1NC(=O)c1ccc(N(C)C)c(F)c1. The molecule has 0 bridgehead atoms. The fourth-order valence-corrected chi connectivity index (χ4v) is 1.82. The Morgan fingerprint density at radius 2 is 2.05 bits per heavy atom. The van der Waals surface area contributed by atoms with E-state index < -0.39 is 5.82 Å². The van der Waals surface area contributed by atoms with E-state index in [-0.39, 0.29) is 11.5 Å². The number of aromatic nitrogens is 1. The van der Waals surface area contributed by atoms with Gasteiger partial charge in [0.1, 0.15) is 5.82 Å². The summed E-state index contributed by atoms with van der Waals surface area (Å²) in [7, 11) is 3.49. The molecule has 0 radical (unpaired) electrons. The first kappa shape index (κ1) is 14.0. The van der Waals surface area contributed by atoms with E-state index in [1.165, 1.54) is 6.07 Å². The van der Waals surface area contributed by atoms with Gasteiger partial charge in [-0.05, 0) is 37.3 Å². The number of halogens is 1. The van der Waals surface area contributed by atoms with Crippen LogP contribution in [0.15, 0.2) is 36.5 Å². The molecule has 0 atom stereocenters. The smallest absolute Gasteiger partial charge is 0.255 e. The molecule has 0 aliphatic heterocycles. The van der Waals surface area contributed by atoms with Crippen LogP contribution in [0.1, 0.15) is 16.1 Å². The Kier molecular flexibility index (Phi) is 3.98. The quantitative estimate of drug-likeness (QED) is 0.935. The molecule has 1 aromatic carbocycles. The molecule has 0 aliphatic carbocycles. The van der Waals surface area contributed by atoms with E-state index in [0.29, 0.717) is 17.1 Å². The molecule has 104 valence electrons. The first-order valence-electron chi connectivity index (χ1n) is 6.19. The molecule has 5 heteroatoms. The molecule has 1 heterocycles. The van der Waals surface area contributed by atoms with Gasteiger partial charge in [0.2, 0.25) is 0 Å². The van der Waals surface area contributed by atoms with Crippen molar-refractivity contribution in [1.29, 1.82) is 0 Å². The highest BCUT2D eigenvalue weighted by Crippen LogP contribution is 2.19. The number of hydrogen-bond acceptors (Lipinski definition) is 3. The minimum atomic E-state index is -0.425. The molecule has 20 heavy (non-hydrogen) atoms. The second kappa shape index (κ2) is 5.69.